The zero-order valence-corrected chi connectivity index (χ0v) is 7.82. The van der Waals surface area contributed by atoms with Crippen molar-refractivity contribution >= 4 is 11.6 Å². The summed E-state index contributed by atoms with van der Waals surface area (Å²) in [5.74, 6) is 0.478. The summed E-state index contributed by atoms with van der Waals surface area (Å²) >= 11 is 5.97. The van der Waals surface area contributed by atoms with Crippen LogP contribution in [0, 0.1) is 5.92 Å². The molecule has 0 radical (unpaired) electrons. The summed E-state index contributed by atoms with van der Waals surface area (Å²) in [4.78, 5) is 0. The molecule has 1 nitrogen and oxygen atoms in total. The molecule has 2 heteroatoms. The summed E-state index contributed by atoms with van der Waals surface area (Å²) in [6.45, 7) is 7.80. The van der Waals surface area contributed by atoms with Gasteiger partial charge in [-0.05, 0) is 19.3 Å². The monoisotopic (exact) mass is 164 g/mol. The van der Waals surface area contributed by atoms with Crippen LogP contribution >= 0.6 is 11.6 Å². The molecule has 62 valence electrons. The van der Waals surface area contributed by atoms with E-state index in [1.54, 1.807) is 0 Å². The lowest BCUT2D eigenvalue weighted by Gasteiger charge is -2.15. The minimum atomic E-state index is 0.270. The third kappa shape index (κ3) is 4.13. The molecule has 0 aliphatic carbocycles. The molecule has 2 atom stereocenters. The van der Waals surface area contributed by atoms with Gasteiger partial charge in [0.25, 0.3) is 0 Å². The molecule has 0 aromatic carbocycles. The van der Waals surface area contributed by atoms with Crippen molar-refractivity contribution in [1.29, 1.82) is 0 Å². The summed E-state index contributed by atoms with van der Waals surface area (Å²) in [5, 5.41) is 0.270. The Labute approximate surface area is 68.7 Å². The van der Waals surface area contributed by atoms with Gasteiger partial charge in [-0.2, -0.15) is 0 Å². The van der Waals surface area contributed by atoms with E-state index in [1.165, 1.54) is 0 Å². The van der Waals surface area contributed by atoms with Crippen LogP contribution in [0.5, 0.6) is 0 Å². The number of ether oxygens (including phenoxy) is 1. The number of hydrogen-bond donors (Lipinski definition) is 0. The normalized spacial score (nSPS) is 16.8. The highest BCUT2D eigenvalue weighted by Gasteiger charge is 2.11. The largest absolute Gasteiger partial charge is 0.381 e. The maximum absolute atomic E-state index is 5.97. The topological polar surface area (TPSA) is 9.23 Å². The first-order valence-corrected chi connectivity index (χ1v) is 4.37. The third-order valence-corrected chi connectivity index (χ3v) is 2.33. The second-order valence-electron chi connectivity index (χ2n) is 2.56. The fourth-order valence-electron chi connectivity index (χ4n) is 0.811. The van der Waals surface area contributed by atoms with Gasteiger partial charge in [-0.15, -0.1) is 11.6 Å². The van der Waals surface area contributed by atoms with Gasteiger partial charge in [-0.25, -0.2) is 0 Å². The van der Waals surface area contributed by atoms with Crippen molar-refractivity contribution in [3.05, 3.63) is 0 Å². The summed E-state index contributed by atoms with van der Waals surface area (Å²) < 4.78 is 5.23. The van der Waals surface area contributed by atoms with Crippen LogP contribution in [0.4, 0.5) is 0 Å². The van der Waals surface area contributed by atoms with Crippen LogP contribution in [0.2, 0.25) is 0 Å². The molecule has 2 unspecified atom stereocenters. The molecular weight excluding hydrogens is 148 g/mol. The second-order valence-corrected chi connectivity index (χ2v) is 3.12. The highest BCUT2D eigenvalue weighted by atomic mass is 35.5. The molecule has 0 aromatic rings. The predicted molar refractivity (Wildman–Crippen MR) is 45.6 cm³/mol. The van der Waals surface area contributed by atoms with Crippen LogP contribution in [0.1, 0.15) is 27.2 Å². The van der Waals surface area contributed by atoms with E-state index in [0.717, 1.165) is 19.6 Å². The summed E-state index contributed by atoms with van der Waals surface area (Å²) in [5.41, 5.74) is 0. The van der Waals surface area contributed by atoms with Crippen LogP contribution in [0.3, 0.4) is 0 Å². The molecule has 0 saturated carbocycles. The van der Waals surface area contributed by atoms with Crippen LogP contribution in [0.25, 0.3) is 0 Å². The Balaban J connectivity index is 3.31. The Bertz CT molecular complexity index is 75.7. The van der Waals surface area contributed by atoms with E-state index in [1.807, 2.05) is 6.92 Å². The average Bonchev–Trinajstić information content (AvgIpc) is 1.98. The smallest absolute Gasteiger partial charge is 0.0505 e. The van der Waals surface area contributed by atoms with Crippen molar-refractivity contribution in [2.24, 2.45) is 5.92 Å². The van der Waals surface area contributed by atoms with E-state index in [2.05, 4.69) is 13.8 Å². The van der Waals surface area contributed by atoms with Crippen molar-refractivity contribution in [3.63, 3.8) is 0 Å². The number of alkyl halides is 1. The van der Waals surface area contributed by atoms with E-state index < -0.39 is 0 Å². The predicted octanol–water partition coefficient (Wildman–Crippen LogP) is 2.68. The van der Waals surface area contributed by atoms with Gasteiger partial charge in [-0.1, -0.05) is 13.8 Å². The van der Waals surface area contributed by atoms with Crippen molar-refractivity contribution < 1.29 is 4.74 Å². The Morgan fingerprint density at radius 1 is 1.40 bits per heavy atom. The zero-order valence-electron chi connectivity index (χ0n) is 7.06. The van der Waals surface area contributed by atoms with Gasteiger partial charge in [0.15, 0.2) is 0 Å². The van der Waals surface area contributed by atoms with E-state index in [9.17, 15) is 0 Å². The van der Waals surface area contributed by atoms with Crippen molar-refractivity contribution in [2.75, 3.05) is 13.2 Å². The van der Waals surface area contributed by atoms with Gasteiger partial charge >= 0.3 is 0 Å². The quantitative estimate of drug-likeness (QED) is 0.568. The Morgan fingerprint density at radius 3 is 2.40 bits per heavy atom. The molecule has 0 N–H and O–H groups in total. The van der Waals surface area contributed by atoms with Crippen LogP contribution in [-0.2, 0) is 4.74 Å². The number of hydrogen-bond acceptors (Lipinski definition) is 1. The standard InChI is InChI=1S/C8H17ClO/c1-4-8(9)7(3)6-10-5-2/h7-8H,4-6H2,1-3H3. The van der Waals surface area contributed by atoms with Crippen LogP contribution < -0.4 is 0 Å². The van der Waals surface area contributed by atoms with Gasteiger partial charge in [0.2, 0.25) is 0 Å². The van der Waals surface area contributed by atoms with Crippen LogP contribution in [0.15, 0.2) is 0 Å². The molecule has 0 saturated heterocycles. The van der Waals surface area contributed by atoms with E-state index in [-0.39, 0.29) is 5.38 Å². The second kappa shape index (κ2) is 5.99. The third-order valence-electron chi connectivity index (χ3n) is 1.59. The first-order valence-electron chi connectivity index (χ1n) is 3.94. The summed E-state index contributed by atoms with van der Waals surface area (Å²) in [6, 6.07) is 0. The summed E-state index contributed by atoms with van der Waals surface area (Å²) in [6.07, 6.45) is 1.02. The zero-order chi connectivity index (χ0) is 7.98. The van der Waals surface area contributed by atoms with Gasteiger partial charge in [0.05, 0.1) is 6.61 Å². The molecular formula is C8H17ClO. The number of rotatable bonds is 5. The molecule has 0 fully saturated rings. The van der Waals surface area contributed by atoms with Gasteiger partial charge in [-0.3, -0.25) is 0 Å². The molecule has 0 aliphatic rings. The van der Waals surface area contributed by atoms with E-state index in [0.29, 0.717) is 5.92 Å². The molecule has 0 rings (SSSR count). The average molecular weight is 165 g/mol. The van der Waals surface area contributed by atoms with Gasteiger partial charge < -0.3 is 4.74 Å². The minimum Gasteiger partial charge on any atom is -0.381 e. The Kier molecular flexibility index (Phi) is 6.14. The van der Waals surface area contributed by atoms with E-state index >= 15 is 0 Å². The lowest BCUT2D eigenvalue weighted by Crippen LogP contribution is -2.16. The molecule has 0 spiro atoms. The van der Waals surface area contributed by atoms with Crippen molar-refractivity contribution in [2.45, 2.75) is 32.6 Å². The highest BCUT2D eigenvalue weighted by Crippen LogP contribution is 2.13. The molecule has 0 aromatic heterocycles. The minimum absolute atomic E-state index is 0.270. The molecule has 0 heterocycles. The van der Waals surface area contributed by atoms with Gasteiger partial charge in [0.1, 0.15) is 0 Å². The maximum atomic E-state index is 5.97. The lowest BCUT2D eigenvalue weighted by atomic mass is 10.1. The fraction of sp³-hybridized carbons (Fsp3) is 1.00. The summed E-state index contributed by atoms with van der Waals surface area (Å²) in [7, 11) is 0. The SMILES string of the molecule is CCOCC(C)C(Cl)CC. The van der Waals surface area contributed by atoms with Crippen molar-refractivity contribution in [3.8, 4) is 0 Å². The van der Waals surface area contributed by atoms with E-state index in [4.69, 9.17) is 16.3 Å². The number of halogens is 1. The Hall–Kier alpha value is 0.250. The molecule has 0 aliphatic heterocycles. The molecule has 0 bridgehead atoms. The fourth-order valence-corrected chi connectivity index (χ4v) is 0.883. The lowest BCUT2D eigenvalue weighted by molar-refractivity contribution is 0.114. The Morgan fingerprint density at radius 2 is 2.00 bits per heavy atom. The first kappa shape index (κ1) is 10.2. The van der Waals surface area contributed by atoms with Crippen LogP contribution in [-0.4, -0.2) is 18.6 Å². The van der Waals surface area contributed by atoms with Gasteiger partial charge in [0, 0.05) is 12.0 Å². The highest BCUT2D eigenvalue weighted by molar-refractivity contribution is 6.20. The van der Waals surface area contributed by atoms with Crippen molar-refractivity contribution in [1.82, 2.24) is 0 Å². The molecule has 0 amide bonds. The molecule has 10 heavy (non-hydrogen) atoms. The maximum Gasteiger partial charge on any atom is 0.0505 e. The first-order chi connectivity index (χ1) is 4.72.